The lowest BCUT2D eigenvalue weighted by molar-refractivity contribution is -0.118. The second-order valence-electron chi connectivity index (χ2n) is 7.60. The first-order valence-electron chi connectivity index (χ1n) is 11.1. The van der Waals surface area contributed by atoms with Crippen LogP contribution in [-0.4, -0.2) is 29.1 Å². The molecule has 5 nitrogen and oxygen atoms in total. The van der Waals surface area contributed by atoms with Crippen LogP contribution >= 0.6 is 11.8 Å². The van der Waals surface area contributed by atoms with Gasteiger partial charge in [0.1, 0.15) is 5.75 Å². The molecule has 0 bridgehead atoms. The molecule has 164 valence electrons. The van der Waals surface area contributed by atoms with E-state index in [1.165, 1.54) is 36.6 Å². The topological polar surface area (TPSA) is 63.1 Å². The molecule has 0 saturated carbocycles. The van der Waals surface area contributed by atoms with Crippen LogP contribution < -0.4 is 10.1 Å². The number of hydrogen-bond donors (Lipinski definition) is 1. The summed E-state index contributed by atoms with van der Waals surface area (Å²) < 4.78 is 5.76. The number of thioether (sulfide) groups is 1. The average molecular weight is 438 g/mol. The Bertz CT molecular complexity index is 892. The van der Waals surface area contributed by atoms with E-state index in [0.717, 1.165) is 36.3 Å². The Labute approximate surface area is 189 Å². The molecular formula is C25H31N3O2S. The van der Waals surface area contributed by atoms with Crippen molar-refractivity contribution in [3.63, 3.8) is 0 Å². The second kappa shape index (κ2) is 12.3. The molecule has 31 heavy (non-hydrogen) atoms. The van der Waals surface area contributed by atoms with E-state index in [0.29, 0.717) is 11.6 Å². The number of carbonyl (C=O) groups is 1. The fraction of sp³-hybridized carbons (Fsp3) is 0.400. The molecule has 0 radical (unpaired) electrons. The monoisotopic (exact) mass is 437 g/mol. The van der Waals surface area contributed by atoms with Gasteiger partial charge in [0.15, 0.2) is 5.17 Å². The van der Waals surface area contributed by atoms with E-state index in [1.807, 2.05) is 24.3 Å². The summed E-state index contributed by atoms with van der Waals surface area (Å²) in [6.07, 6.45) is 8.17. The van der Waals surface area contributed by atoms with E-state index in [1.54, 1.807) is 6.21 Å². The Balaban J connectivity index is 1.47. The number of nitrogens with one attached hydrogen (secondary N) is 1. The highest BCUT2D eigenvalue weighted by atomic mass is 32.2. The minimum absolute atomic E-state index is 0.0149. The summed E-state index contributed by atoms with van der Waals surface area (Å²) in [6, 6.07) is 16.2. The Morgan fingerprint density at radius 1 is 1.00 bits per heavy atom. The maximum atomic E-state index is 12.2. The summed E-state index contributed by atoms with van der Waals surface area (Å²) in [6.45, 7) is 5.09. The molecule has 1 heterocycles. The highest BCUT2D eigenvalue weighted by Gasteiger charge is 2.30. The maximum Gasteiger partial charge on any atom is 0.239 e. The molecule has 1 aliphatic rings. The summed E-state index contributed by atoms with van der Waals surface area (Å²) in [7, 11) is 0. The van der Waals surface area contributed by atoms with E-state index in [-0.39, 0.29) is 11.2 Å². The number of aryl methyl sites for hydroxylation is 1. The normalized spacial score (nSPS) is 17.4. The number of amidine groups is 1. The van der Waals surface area contributed by atoms with Gasteiger partial charge in [0, 0.05) is 0 Å². The van der Waals surface area contributed by atoms with E-state index in [4.69, 9.17) is 4.74 Å². The zero-order valence-electron chi connectivity index (χ0n) is 18.3. The minimum Gasteiger partial charge on any atom is -0.494 e. The highest BCUT2D eigenvalue weighted by molar-refractivity contribution is 8.15. The Morgan fingerprint density at radius 3 is 2.45 bits per heavy atom. The van der Waals surface area contributed by atoms with Crippen LogP contribution in [0.3, 0.4) is 0 Å². The molecule has 1 N–H and O–H groups in total. The van der Waals surface area contributed by atoms with Crippen molar-refractivity contribution < 1.29 is 9.53 Å². The SMILES string of the molecule is CCCCCCOc1ccc(/C=N\N=C2\NC(=O)[C@@H](Cc3ccc(CC)cc3)S2)cc1. The summed E-state index contributed by atoms with van der Waals surface area (Å²) in [5, 5.41) is 11.5. The van der Waals surface area contributed by atoms with Crippen molar-refractivity contribution in [1.82, 2.24) is 5.32 Å². The zero-order valence-corrected chi connectivity index (χ0v) is 19.2. The third-order valence-corrected chi connectivity index (χ3v) is 6.20. The van der Waals surface area contributed by atoms with Crippen molar-refractivity contribution in [2.75, 3.05) is 6.61 Å². The summed E-state index contributed by atoms with van der Waals surface area (Å²) >= 11 is 1.43. The molecule has 2 aromatic carbocycles. The van der Waals surface area contributed by atoms with Crippen LogP contribution in [0.4, 0.5) is 0 Å². The van der Waals surface area contributed by atoms with Gasteiger partial charge >= 0.3 is 0 Å². The van der Waals surface area contributed by atoms with E-state index >= 15 is 0 Å². The molecule has 2 aromatic rings. The van der Waals surface area contributed by atoms with Gasteiger partial charge in [-0.15, -0.1) is 5.10 Å². The molecule has 1 fully saturated rings. The molecule has 1 atom stereocenters. The number of carbonyl (C=O) groups excluding carboxylic acids is 1. The quantitative estimate of drug-likeness (QED) is 0.292. The predicted molar refractivity (Wildman–Crippen MR) is 130 cm³/mol. The molecule has 0 aromatic heterocycles. The standard InChI is InChI=1S/C25H31N3O2S/c1-3-5-6-7-16-30-22-14-12-21(13-15-22)18-26-28-25-27-24(29)23(31-25)17-20-10-8-19(4-2)9-11-20/h8-15,18,23H,3-7,16-17H2,1-2H3,(H,27,28,29)/b26-18-/t23-/m1/s1. The minimum atomic E-state index is -0.171. The molecule has 1 aliphatic heterocycles. The Morgan fingerprint density at radius 2 is 1.74 bits per heavy atom. The fourth-order valence-electron chi connectivity index (χ4n) is 3.23. The van der Waals surface area contributed by atoms with Gasteiger partial charge in [0.25, 0.3) is 0 Å². The molecule has 1 saturated heterocycles. The van der Waals surface area contributed by atoms with Crippen LogP contribution in [0.1, 0.15) is 56.2 Å². The average Bonchev–Trinajstić information content (AvgIpc) is 3.14. The molecule has 0 spiro atoms. The van der Waals surface area contributed by atoms with Crippen molar-refractivity contribution in [3.05, 3.63) is 65.2 Å². The van der Waals surface area contributed by atoms with Crippen LogP contribution in [0.15, 0.2) is 58.7 Å². The summed E-state index contributed by atoms with van der Waals surface area (Å²) in [5.74, 6) is 0.854. The predicted octanol–water partition coefficient (Wildman–Crippen LogP) is 5.37. The smallest absolute Gasteiger partial charge is 0.239 e. The van der Waals surface area contributed by atoms with Crippen LogP contribution in [0.25, 0.3) is 0 Å². The van der Waals surface area contributed by atoms with Gasteiger partial charge in [-0.05, 0) is 60.2 Å². The molecule has 6 heteroatoms. The first-order valence-corrected chi connectivity index (χ1v) is 11.9. The summed E-state index contributed by atoms with van der Waals surface area (Å²) in [4.78, 5) is 12.2. The number of rotatable bonds is 11. The first kappa shape index (κ1) is 23.1. The molecule has 3 rings (SSSR count). The fourth-order valence-corrected chi connectivity index (χ4v) is 4.19. The Kier molecular flexibility index (Phi) is 9.16. The number of benzene rings is 2. The number of unbranched alkanes of at least 4 members (excludes halogenated alkanes) is 3. The van der Waals surface area contributed by atoms with Crippen molar-refractivity contribution in [2.24, 2.45) is 10.2 Å². The number of ether oxygens (including phenoxy) is 1. The van der Waals surface area contributed by atoms with Crippen molar-refractivity contribution >= 4 is 29.1 Å². The zero-order chi connectivity index (χ0) is 21.9. The van der Waals surface area contributed by atoms with Crippen molar-refractivity contribution in [3.8, 4) is 5.75 Å². The second-order valence-corrected chi connectivity index (χ2v) is 8.79. The maximum absolute atomic E-state index is 12.2. The van der Waals surface area contributed by atoms with Gasteiger partial charge in [-0.2, -0.15) is 5.10 Å². The van der Waals surface area contributed by atoms with Crippen LogP contribution in [-0.2, 0) is 17.6 Å². The largest absolute Gasteiger partial charge is 0.494 e. The van der Waals surface area contributed by atoms with Crippen molar-refractivity contribution in [2.45, 2.75) is 57.6 Å². The van der Waals surface area contributed by atoms with Gasteiger partial charge < -0.3 is 10.1 Å². The van der Waals surface area contributed by atoms with E-state index < -0.39 is 0 Å². The third-order valence-electron chi connectivity index (χ3n) is 5.13. The molecule has 1 amide bonds. The number of nitrogens with zero attached hydrogens (tertiary/aromatic N) is 2. The summed E-state index contributed by atoms with van der Waals surface area (Å²) in [5.41, 5.74) is 3.39. The third kappa shape index (κ3) is 7.55. The van der Waals surface area contributed by atoms with E-state index in [9.17, 15) is 4.79 Å². The lowest BCUT2D eigenvalue weighted by atomic mass is 10.1. The van der Waals surface area contributed by atoms with Crippen molar-refractivity contribution in [1.29, 1.82) is 0 Å². The van der Waals surface area contributed by atoms with Gasteiger partial charge in [-0.1, -0.05) is 69.1 Å². The van der Waals surface area contributed by atoms with Gasteiger partial charge in [-0.3, -0.25) is 4.79 Å². The van der Waals surface area contributed by atoms with Gasteiger partial charge in [0.05, 0.1) is 18.1 Å². The Hall–Kier alpha value is -2.60. The number of hydrogen-bond acceptors (Lipinski definition) is 5. The van der Waals surface area contributed by atoms with Crippen LogP contribution in [0.2, 0.25) is 0 Å². The number of amides is 1. The lowest BCUT2D eigenvalue weighted by Crippen LogP contribution is -2.25. The van der Waals surface area contributed by atoms with E-state index in [2.05, 4.69) is 53.6 Å². The lowest BCUT2D eigenvalue weighted by Gasteiger charge is -2.06. The van der Waals surface area contributed by atoms with Gasteiger partial charge in [-0.25, -0.2) is 0 Å². The first-order chi connectivity index (χ1) is 15.2. The molecule has 0 unspecified atom stereocenters. The van der Waals surface area contributed by atoms with Crippen LogP contribution in [0, 0.1) is 0 Å². The van der Waals surface area contributed by atoms with Gasteiger partial charge in [0.2, 0.25) is 5.91 Å². The molecule has 0 aliphatic carbocycles. The molecular weight excluding hydrogens is 406 g/mol. The highest BCUT2D eigenvalue weighted by Crippen LogP contribution is 2.23. The van der Waals surface area contributed by atoms with Crippen LogP contribution in [0.5, 0.6) is 5.75 Å².